The monoisotopic (exact) mass is 748 g/mol. The minimum absolute atomic E-state index is 0.131. The molecule has 0 spiro atoms. The molecule has 10 rings (SSSR count). The largest absolute Gasteiger partial charge is 0.271 e. The molecule has 2 heterocycles. The van der Waals surface area contributed by atoms with Gasteiger partial charge in [-0.2, -0.15) is 0 Å². The van der Waals surface area contributed by atoms with Crippen LogP contribution in [-0.2, 0) is 0 Å². The minimum atomic E-state index is -0.358. The Morgan fingerprint density at radius 2 is 0.877 bits per heavy atom. The molecule has 6 heteroatoms. The zero-order valence-electron chi connectivity index (χ0n) is 32.5. The third-order valence-electron chi connectivity index (χ3n) is 12.8. The molecule has 2 aliphatic rings. The zero-order chi connectivity index (χ0) is 38.9. The number of benzene rings is 8. The molecule has 0 saturated heterocycles. The second-order valence-corrected chi connectivity index (χ2v) is 16.1. The smallest absolute Gasteiger partial charge is 0.266 e. The molecular formula is C51H44N2O4. The van der Waals surface area contributed by atoms with Crippen LogP contribution in [0.15, 0.2) is 103 Å². The van der Waals surface area contributed by atoms with E-state index in [1.165, 1.54) is 4.90 Å². The van der Waals surface area contributed by atoms with Crippen molar-refractivity contribution in [2.24, 2.45) is 0 Å². The summed E-state index contributed by atoms with van der Waals surface area (Å²) in [5.74, 6) is -1.13. The van der Waals surface area contributed by atoms with Gasteiger partial charge in [-0.05, 0) is 104 Å². The molecule has 0 N–H and O–H groups in total. The predicted molar refractivity (Wildman–Crippen MR) is 232 cm³/mol. The Balaban J connectivity index is 1.10. The number of carbonyl (C=O) groups excluding carboxylic acids is 4. The molecule has 0 aromatic heterocycles. The average molecular weight is 749 g/mol. The number of carbonyl (C=O) groups is 4. The molecule has 8 aromatic rings. The number of unbranched alkanes of at least 4 members (excludes halogenated alkanes) is 6. The lowest BCUT2D eigenvalue weighted by Gasteiger charge is -2.35. The molecule has 0 fully saturated rings. The van der Waals surface area contributed by atoms with E-state index in [-0.39, 0.29) is 29.7 Å². The van der Waals surface area contributed by atoms with Crippen LogP contribution in [0.2, 0.25) is 0 Å². The summed E-state index contributed by atoms with van der Waals surface area (Å²) < 4.78 is 0. The van der Waals surface area contributed by atoms with Gasteiger partial charge in [0.1, 0.15) is 0 Å². The highest BCUT2D eigenvalue weighted by Gasteiger charge is 2.39. The molecule has 0 atom stereocenters. The summed E-state index contributed by atoms with van der Waals surface area (Å²) in [5.41, 5.74) is 2.64. The predicted octanol–water partition coefficient (Wildman–Crippen LogP) is 12.7. The first-order valence-corrected chi connectivity index (χ1v) is 20.8. The van der Waals surface area contributed by atoms with Crippen LogP contribution in [0.25, 0.3) is 64.6 Å². The first kappa shape index (κ1) is 35.3. The summed E-state index contributed by atoms with van der Waals surface area (Å²) in [6.45, 7) is 4.39. The van der Waals surface area contributed by atoms with Crippen LogP contribution in [0.1, 0.15) is 119 Å². The van der Waals surface area contributed by atoms with Gasteiger partial charge >= 0.3 is 0 Å². The molecule has 0 radical (unpaired) electrons. The second-order valence-electron chi connectivity index (χ2n) is 16.1. The molecule has 0 aliphatic carbocycles. The molecule has 6 nitrogen and oxygen atoms in total. The molecule has 4 amide bonds. The van der Waals surface area contributed by atoms with Crippen molar-refractivity contribution in [3.8, 4) is 0 Å². The van der Waals surface area contributed by atoms with E-state index in [2.05, 4.69) is 32.0 Å². The third-order valence-corrected chi connectivity index (χ3v) is 12.8. The van der Waals surface area contributed by atoms with Gasteiger partial charge in [-0.1, -0.05) is 126 Å². The van der Waals surface area contributed by atoms with Crippen LogP contribution in [-0.4, -0.2) is 34.6 Å². The third kappa shape index (κ3) is 5.30. The maximum atomic E-state index is 14.6. The van der Waals surface area contributed by atoms with Crippen molar-refractivity contribution in [2.45, 2.75) is 84.1 Å². The van der Waals surface area contributed by atoms with Crippen molar-refractivity contribution in [3.05, 3.63) is 125 Å². The molecule has 282 valence electrons. The number of hydrogen-bond donors (Lipinski definition) is 0. The standard InChI is InChI=1S/C51H44N2O4/c1-3-5-7-9-17-33(18-10-8-6-4-2)52-48(54)38-24-20-34-36-22-26-40-47-41(27-23-37(45(36)47)35-21-25-39(49(52)55)46(38)44(34)35)51(57)53(50(40)56)43-19-13-16-32-28-30-14-11-12-15-31(30)29-42(32)43/h11-16,19-29,33H,3-10,17-18H2,1-2H3. The van der Waals surface area contributed by atoms with E-state index in [1.54, 1.807) is 4.90 Å². The van der Waals surface area contributed by atoms with Gasteiger partial charge < -0.3 is 0 Å². The lowest BCUT2D eigenvalue weighted by molar-refractivity contribution is 0.0516. The Bertz CT molecular complexity index is 2870. The lowest BCUT2D eigenvalue weighted by Crippen LogP contribution is -2.47. The zero-order valence-corrected chi connectivity index (χ0v) is 32.5. The van der Waals surface area contributed by atoms with E-state index in [0.717, 1.165) is 118 Å². The summed E-state index contributed by atoms with van der Waals surface area (Å²) in [5, 5.41) is 10.6. The highest BCUT2D eigenvalue weighted by atomic mass is 16.2. The van der Waals surface area contributed by atoms with Crippen LogP contribution >= 0.6 is 0 Å². The summed E-state index contributed by atoms with van der Waals surface area (Å²) in [7, 11) is 0. The topological polar surface area (TPSA) is 74.8 Å². The Kier molecular flexibility index (Phi) is 8.55. The van der Waals surface area contributed by atoms with E-state index >= 15 is 0 Å². The summed E-state index contributed by atoms with van der Waals surface area (Å²) >= 11 is 0. The average Bonchev–Trinajstić information content (AvgIpc) is 3.23. The summed E-state index contributed by atoms with van der Waals surface area (Å²) in [6, 6.07) is 33.3. The van der Waals surface area contributed by atoms with Gasteiger partial charge in [-0.15, -0.1) is 0 Å². The molecule has 57 heavy (non-hydrogen) atoms. The van der Waals surface area contributed by atoms with Crippen molar-refractivity contribution < 1.29 is 19.2 Å². The van der Waals surface area contributed by atoms with E-state index < -0.39 is 0 Å². The van der Waals surface area contributed by atoms with Gasteiger partial charge in [0.15, 0.2) is 0 Å². The Labute approximate surface area is 331 Å². The maximum Gasteiger partial charge on any atom is 0.266 e. The van der Waals surface area contributed by atoms with Gasteiger partial charge in [-0.3, -0.25) is 24.1 Å². The number of anilines is 1. The first-order chi connectivity index (χ1) is 27.9. The van der Waals surface area contributed by atoms with Gasteiger partial charge in [0.25, 0.3) is 23.6 Å². The van der Waals surface area contributed by atoms with Crippen LogP contribution in [0, 0.1) is 0 Å². The number of nitrogens with zero attached hydrogens (tertiary/aromatic N) is 2. The SMILES string of the molecule is CCCCCCC(CCCCCC)N1C(=O)c2ccc3c4ccc5c6c(ccc(c7ccc(c2c37)C1=O)c64)C(=O)N(c1cccc2cc3ccccc3cc12)C5=O. The second kappa shape index (κ2) is 13.8. The molecule has 2 aliphatic heterocycles. The molecule has 0 unspecified atom stereocenters. The van der Waals surface area contributed by atoms with Crippen molar-refractivity contribution in [3.63, 3.8) is 0 Å². The number of imide groups is 2. The van der Waals surface area contributed by atoms with E-state index in [4.69, 9.17) is 0 Å². The van der Waals surface area contributed by atoms with Crippen LogP contribution < -0.4 is 4.90 Å². The van der Waals surface area contributed by atoms with Crippen molar-refractivity contribution >= 4 is 94.0 Å². The van der Waals surface area contributed by atoms with Crippen molar-refractivity contribution in [1.82, 2.24) is 4.90 Å². The summed E-state index contributed by atoms with van der Waals surface area (Å²) in [4.78, 5) is 61.2. The first-order valence-electron chi connectivity index (χ1n) is 20.8. The number of fused-ring (bicyclic) bond motifs is 4. The Morgan fingerprint density at radius 1 is 0.421 bits per heavy atom. The fourth-order valence-electron chi connectivity index (χ4n) is 10.00. The molecule has 0 bridgehead atoms. The highest BCUT2D eigenvalue weighted by Crippen LogP contribution is 2.47. The molecular weight excluding hydrogens is 705 g/mol. The van der Waals surface area contributed by atoms with Crippen molar-refractivity contribution in [2.75, 3.05) is 4.90 Å². The van der Waals surface area contributed by atoms with Crippen molar-refractivity contribution in [1.29, 1.82) is 0 Å². The maximum absolute atomic E-state index is 14.6. The molecule has 0 saturated carbocycles. The van der Waals surface area contributed by atoms with Crippen LogP contribution in [0.4, 0.5) is 5.69 Å². The number of hydrogen-bond acceptors (Lipinski definition) is 4. The lowest BCUT2D eigenvalue weighted by atomic mass is 9.82. The van der Waals surface area contributed by atoms with Gasteiger partial charge in [0.2, 0.25) is 0 Å². The van der Waals surface area contributed by atoms with Gasteiger partial charge in [0.05, 0.1) is 5.69 Å². The fraction of sp³-hybridized carbons (Fsp3) is 0.255. The van der Waals surface area contributed by atoms with Crippen LogP contribution in [0.5, 0.6) is 0 Å². The van der Waals surface area contributed by atoms with Crippen LogP contribution in [0.3, 0.4) is 0 Å². The van der Waals surface area contributed by atoms with E-state index in [0.29, 0.717) is 38.7 Å². The fourth-order valence-corrected chi connectivity index (χ4v) is 10.00. The highest BCUT2D eigenvalue weighted by molar-refractivity contribution is 6.44. The number of rotatable bonds is 12. The van der Waals surface area contributed by atoms with E-state index in [1.807, 2.05) is 84.9 Å². The normalized spacial score (nSPS) is 14.4. The minimum Gasteiger partial charge on any atom is -0.271 e. The summed E-state index contributed by atoms with van der Waals surface area (Å²) in [6.07, 6.45) is 10.4. The molecule has 8 aromatic carbocycles. The Morgan fingerprint density at radius 3 is 1.37 bits per heavy atom. The number of amides is 4. The quantitative estimate of drug-likeness (QED) is 0.0539. The van der Waals surface area contributed by atoms with E-state index in [9.17, 15) is 19.2 Å². The Hall–Kier alpha value is -6.14. The van der Waals surface area contributed by atoms with Gasteiger partial charge in [0, 0.05) is 44.5 Å². The van der Waals surface area contributed by atoms with Gasteiger partial charge in [-0.25, -0.2) is 4.90 Å².